The zero-order valence-electron chi connectivity index (χ0n) is 22.3. The summed E-state index contributed by atoms with van der Waals surface area (Å²) in [6, 6.07) is 19.2. The molecule has 0 bridgehead atoms. The maximum absolute atomic E-state index is 14.0. The highest BCUT2D eigenvalue weighted by Gasteiger charge is 2.45. The maximum atomic E-state index is 14.0. The monoisotopic (exact) mass is 630 g/mol. The predicted octanol–water partition coefficient (Wildman–Crippen LogP) is 6.86. The fourth-order valence-corrected chi connectivity index (χ4v) is 6.33. The number of thiazole rings is 1. The molecule has 0 radical (unpaired) electrons. The van der Waals surface area contributed by atoms with Gasteiger partial charge < -0.3 is 13.9 Å². The van der Waals surface area contributed by atoms with Crippen molar-refractivity contribution in [2.45, 2.75) is 26.5 Å². The van der Waals surface area contributed by atoms with Crippen molar-refractivity contribution in [3.63, 3.8) is 0 Å². The molecule has 1 amide bonds. The molecule has 1 atom stereocenters. The molecule has 3 aromatic carbocycles. The first-order chi connectivity index (χ1) is 19.8. The third-order valence-electron chi connectivity index (χ3n) is 6.88. The Balaban J connectivity index is 1.51. The van der Waals surface area contributed by atoms with Gasteiger partial charge in [-0.25, -0.2) is 4.98 Å². The Morgan fingerprint density at radius 3 is 2.56 bits per heavy atom. The van der Waals surface area contributed by atoms with Gasteiger partial charge in [-0.1, -0.05) is 63.7 Å². The second-order valence-corrected chi connectivity index (χ2v) is 11.4. The minimum Gasteiger partial charge on any atom is -0.493 e. The normalized spacial score (nSPS) is 14.4. The van der Waals surface area contributed by atoms with Gasteiger partial charge in [-0.15, -0.1) is 0 Å². The van der Waals surface area contributed by atoms with E-state index in [1.54, 1.807) is 43.3 Å². The van der Waals surface area contributed by atoms with E-state index in [2.05, 4.69) is 20.9 Å². The Kier molecular flexibility index (Phi) is 6.96. The van der Waals surface area contributed by atoms with Crippen LogP contribution in [-0.4, -0.2) is 23.8 Å². The van der Waals surface area contributed by atoms with Gasteiger partial charge in [0, 0.05) is 11.4 Å². The van der Waals surface area contributed by atoms with Gasteiger partial charge >= 0.3 is 0 Å². The third kappa shape index (κ3) is 4.72. The van der Waals surface area contributed by atoms with Crippen LogP contribution >= 0.6 is 27.3 Å². The Bertz CT molecular complexity index is 1900. The Hall–Kier alpha value is -4.28. The van der Waals surface area contributed by atoms with Gasteiger partial charge in [-0.2, -0.15) is 0 Å². The van der Waals surface area contributed by atoms with Gasteiger partial charge in [-0.3, -0.25) is 19.3 Å². The average molecular weight is 632 g/mol. The van der Waals surface area contributed by atoms with Gasteiger partial charge in [0.25, 0.3) is 5.91 Å². The van der Waals surface area contributed by atoms with Crippen LogP contribution in [0.3, 0.4) is 0 Å². The van der Waals surface area contributed by atoms with Crippen LogP contribution in [0.15, 0.2) is 80.4 Å². The number of carbonyl (C=O) groups is 2. The molecular formula is C31H23BrN2O6S. The summed E-state index contributed by atoms with van der Waals surface area (Å²) in [4.78, 5) is 46.5. The van der Waals surface area contributed by atoms with Crippen molar-refractivity contribution >= 4 is 55.1 Å². The lowest BCUT2D eigenvalue weighted by Gasteiger charge is -2.23. The van der Waals surface area contributed by atoms with Crippen LogP contribution in [0.4, 0.5) is 5.13 Å². The first-order valence-electron chi connectivity index (χ1n) is 12.7. The second-order valence-electron chi connectivity index (χ2n) is 9.54. The summed E-state index contributed by atoms with van der Waals surface area (Å²) >= 11 is 4.53. The molecule has 1 unspecified atom stereocenters. The summed E-state index contributed by atoms with van der Waals surface area (Å²) in [5.74, 6) is 0.217. The van der Waals surface area contributed by atoms with E-state index >= 15 is 0 Å². The number of carbonyl (C=O) groups excluding carboxylic acids is 2. The number of aryl methyl sites for hydroxylation is 1. The number of amides is 1. The Morgan fingerprint density at radius 1 is 1.07 bits per heavy atom. The number of ether oxygens (including phenoxy) is 2. The first-order valence-corrected chi connectivity index (χ1v) is 14.3. The van der Waals surface area contributed by atoms with Gasteiger partial charge in [0.15, 0.2) is 27.8 Å². The van der Waals surface area contributed by atoms with E-state index < -0.39 is 11.9 Å². The van der Waals surface area contributed by atoms with Crippen molar-refractivity contribution in [1.29, 1.82) is 0 Å². The molecule has 8 nitrogen and oxygen atoms in total. The minimum atomic E-state index is -0.875. The number of aromatic nitrogens is 1. The molecule has 41 heavy (non-hydrogen) atoms. The van der Waals surface area contributed by atoms with E-state index in [1.165, 1.54) is 18.9 Å². The maximum Gasteiger partial charge on any atom is 0.297 e. The topological polar surface area (TPSA) is 98.9 Å². The van der Waals surface area contributed by atoms with Crippen molar-refractivity contribution in [3.05, 3.63) is 114 Å². The molecule has 0 spiro atoms. The number of halogens is 1. The number of ketones is 1. The SMILES string of the molecule is COc1cc(C2c3c(oc4ccc(Br)cc4c3=O)C(=O)N2c2nc(C)c(C(C)=O)s2)ccc1OCc1ccccc1. The summed E-state index contributed by atoms with van der Waals surface area (Å²) in [6.07, 6.45) is 0. The molecule has 2 aromatic heterocycles. The van der Waals surface area contributed by atoms with Crippen LogP contribution in [0.2, 0.25) is 0 Å². The highest BCUT2D eigenvalue weighted by molar-refractivity contribution is 9.10. The van der Waals surface area contributed by atoms with Crippen molar-refractivity contribution < 1.29 is 23.5 Å². The van der Waals surface area contributed by atoms with Gasteiger partial charge in [-0.05, 0) is 48.4 Å². The summed E-state index contributed by atoms with van der Waals surface area (Å²) in [5.41, 5.74) is 2.27. The van der Waals surface area contributed by atoms with Crippen LogP contribution in [0.1, 0.15) is 55.6 Å². The predicted molar refractivity (Wildman–Crippen MR) is 159 cm³/mol. The summed E-state index contributed by atoms with van der Waals surface area (Å²) in [6.45, 7) is 3.51. The molecular weight excluding hydrogens is 608 g/mol. The Labute approximate surface area is 247 Å². The van der Waals surface area contributed by atoms with E-state index in [1.807, 2.05) is 30.3 Å². The van der Waals surface area contributed by atoms with Gasteiger partial charge in [0.2, 0.25) is 5.76 Å². The number of anilines is 1. The smallest absolute Gasteiger partial charge is 0.297 e. The largest absolute Gasteiger partial charge is 0.493 e. The first kappa shape index (κ1) is 26.9. The Morgan fingerprint density at radius 2 is 1.85 bits per heavy atom. The molecule has 1 aliphatic rings. The lowest BCUT2D eigenvalue weighted by atomic mass is 9.98. The summed E-state index contributed by atoms with van der Waals surface area (Å²) in [5, 5.41) is 0.634. The van der Waals surface area contributed by atoms with Crippen molar-refractivity contribution in [1.82, 2.24) is 4.98 Å². The summed E-state index contributed by atoms with van der Waals surface area (Å²) in [7, 11) is 1.53. The molecule has 0 fully saturated rings. The lowest BCUT2D eigenvalue weighted by Crippen LogP contribution is -2.29. The molecule has 10 heteroatoms. The van der Waals surface area contributed by atoms with Crippen LogP contribution in [-0.2, 0) is 6.61 Å². The number of benzene rings is 3. The quantitative estimate of drug-likeness (QED) is 0.181. The highest BCUT2D eigenvalue weighted by Crippen LogP contribution is 2.45. The number of methoxy groups -OCH3 is 1. The highest BCUT2D eigenvalue weighted by atomic mass is 79.9. The van der Waals surface area contributed by atoms with Crippen molar-refractivity contribution in [2.24, 2.45) is 0 Å². The number of nitrogens with zero attached hydrogens (tertiary/aromatic N) is 2. The van der Waals surface area contributed by atoms with E-state index in [4.69, 9.17) is 13.9 Å². The van der Waals surface area contributed by atoms with Crippen LogP contribution in [0, 0.1) is 6.92 Å². The molecule has 0 aliphatic carbocycles. The lowest BCUT2D eigenvalue weighted by molar-refractivity contribution is 0.0969. The van der Waals surface area contributed by atoms with E-state index in [0.29, 0.717) is 54.8 Å². The number of Topliss-reactive ketones (excluding diaryl/α,β-unsaturated/α-hetero) is 1. The molecule has 0 N–H and O–H groups in total. The van der Waals surface area contributed by atoms with E-state index in [0.717, 1.165) is 16.9 Å². The molecule has 1 aliphatic heterocycles. The van der Waals surface area contributed by atoms with Crippen molar-refractivity contribution in [2.75, 3.05) is 12.0 Å². The van der Waals surface area contributed by atoms with Gasteiger partial charge in [0.05, 0.1) is 34.7 Å². The average Bonchev–Trinajstić information content (AvgIpc) is 3.50. The van der Waals surface area contributed by atoms with Crippen LogP contribution < -0.4 is 19.8 Å². The number of hydrogen-bond acceptors (Lipinski definition) is 8. The zero-order chi connectivity index (χ0) is 28.8. The van der Waals surface area contributed by atoms with Crippen molar-refractivity contribution in [3.8, 4) is 11.5 Å². The standard InChI is InChI=1S/C31H23BrN2O6S/c1-16-29(17(2)35)41-31(33-16)34-26(25-27(36)21-14-20(32)10-12-22(21)40-28(25)30(34)37)19-9-11-23(24(13-19)38-3)39-15-18-7-5-4-6-8-18/h4-14,26H,15H2,1-3H3. The number of hydrogen-bond donors (Lipinski definition) is 0. The molecule has 0 saturated carbocycles. The number of rotatable bonds is 7. The van der Waals surface area contributed by atoms with E-state index in [9.17, 15) is 14.4 Å². The third-order valence-corrected chi connectivity index (χ3v) is 8.63. The fourth-order valence-electron chi connectivity index (χ4n) is 4.98. The van der Waals surface area contributed by atoms with Gasteiger partial charge in [0.1, 0.15) is 12.2 Å². The molecule has 6 rings (SSSR count). The number of fused-ring (bicyclic) bond motifs is 2. The fraction of sp³-hybridized carbons (Fsp3) is 0.161. The minimum absolute atomic E-state index is 0.0598. The summed E-state index contributed by atoms with van der Waals surface area (Å²) < 4.78 is 18.5. The zero-order valence-corrected chi connectivity index (χ0v) is 24.7. The molecule has 3 heterocycles. The molecule has 5 aromatic rings. The van der Waals surface area contributed by atoms with Crippen LogP contribution in [0.5, 0.6) is 11.5 Å². The second kappa shape index (κ2) is 10.6. The molecule has 206 valence electrons. The van der Waals surface area contributed by atoms with E-state index in [-0.39, 0.29) is 22.5 Å². The van der Waals surface area contributed by atoms with Crippen LogP contribution in [0.25, 0.3) is 11.0 Å². The molecule has 0 saturated heterocycles.